The summed E-state index contributed by atoms with van der Waals surface area (Å²) >= 11 is 6.87. The Morgan fingerprint density at radius 2 is 1.79 bits per heavy atom. The monoisotopic (exact) mass is 485 g/mol. The van der Waals surface area contributed by atoms with Crippen LogP contribution in [-0.4, -0.2) is 42.3 Å². The largest absolute Gasteiger partial charge is 0.293 e. The molecular weight excluding hydrogens is 462 g/mol. The number of nitrogens with zero attached hydrogens (tertiary/aromatic N) is 4. The van der Waals surface area contributed by atoms with Crippen LogP contribution >= 0.6 is 24.0 Å². The van der Waals surface area contributed by atoms with Gasteiger partial charge in [-0.3, -0.25) is 9.69 Å². The Hall–Kier alpha value is -3.36. The summed E-state index contributed by atoms with van der Waals surface area (Å²) in [5, 5.41) is 16.4. The third kappa shape index (κ3) is 5.08. The van der Waals surface area contributed by atoms with Gasteiger partial charge in [-0.1, -0.05) is 90.2 Å². The molecule has 4 aromatic rings. The van der Waals surface area contributed by atoms with E-state index in [4.69, 9.17) is 12.2 Å². The molecule has 0 unspecified atom stereocenters. The molecule has 0 atom stereocenters. The van der Waals surface area contributed by atoms with Gasteiger partial charge in [0.25, 0.3) is 5.91 Å². The third-order valence-electron chi connectivity index (χ3n) is 5.81. The summed E-state index contributed by atoms with van der Waals surface area (Å²) in [4.78, 5) is 15.4. The van der Waals surface area contributed by atoms with Gasteiger partial charge >= 0.3 is 0 Å². The minimum Gasteiger partial charge on any atom is -0.293 e. The molecule has 170 valence electrons. The van der Waals surface area contributed by atoms with Gasteiger partial charge in [-0.15, -0.1) is 10.2 Å². The average molecular weight is 486 g/mol. The first-order chi connectivity index (χ1) is 16.7. The summed E-state index contributed by atoms with van der Waals surface area (Å²) in [6.45, 7) is 0.630. The molecule has 0 bridgehead atoms. The molecule has 1 aliphatic heterocycles. The fraction of sp³-hybridized carbons (Fsp3) is 0.192. The lowest BCUT2D eigenvalue weighted by Gasteiger charge is -2.13. The molecule has 0 saturated carbocycles. The van der Waals surface area contributed by atoms with E-state index in [2.05, 4.69) is 75.2 Å². The zero-order valence-corrected chi connectivity index (χ0v) is 20.1. The van der Waals surface area contributed by atoms with Gasteiger partial charge in [-0.25, -0.2) is 0 Å². The van der Waals surface area contributed by atoms with Gasteiger partial charge in [0.2, 0.25) is 0 Å². The van der Waals surface area contributed by atoms with Crippen molar-refractivity contribution in [2.24, 2.45) is 0 Å². The van der Waals surface area contributed by atoms with Crippen LogP contribution in [0.25, 0.3) is 28.0 Å². The number of carbonyl (C=O) groups is 1. The zero-order chi connectivity index (χ0) is 23.3. The number of carbonyl (C=O) groups excluding carboxylic acids is 1. The van der Waals surface area contributed by atoms with Crippen LogP contribution in [0.15, 0.2) is 71.6 Å². The summed E-state index contributed by atoms with van der Waals surface area (Å²) in [7, 11) is 0. The average Bonchev–Trinajstić information content (AvgIpc) is 3.47. The van der Waals surface area contributed by atoms with E-state index in [-0.39, 0.29) is 5.91 Å². The highest BCUT2D eigenvalue weighted by Gasteiger charge is 2.31. The van der Waals surface area contributed by atoms with Gasteiger partial charge in [0.1, 0.15) is 4.32 Å². The van der Waals surface area contributed by atoms with E-state index in [1.165, 1.54) is 22.5 Å². The van der Waals surface area contributed by atoms with E-state index in [0.29, 0.717) is 15.8 Å². The molecule has 1 aromatic heterocycles. The van der Waals surface area contributed by atoms with Gasteiger partial charge in [-0.2, -0.15) is 5.21 Å². The van der Waals surface area contributed by atoms with Crippen LogP contribution in [0.2, 0.25) is 0 Å². The van der Waals surface area contributed by atoms with Gasteiger partial charge in [0, 0.05) is 13.0 Å². The lowest BCUT2D eigenvalue weighted by molar-refractivity contribution is -0.122. The molecular formula is C26H23N5OS2. The molecule has 5 rings (SSSR count). The molecule has 1 aliphatic rings. The van der Waals surface area contributed by atoms with E-state index in [9.17, 15) is 4.79 Å². The first-order valence-electron chi connectivity index (χ1n) is 11.2. The molecule has 6 nitrogen and oxygen atoms in total. The number of fused-ring (bicyclic) bond motifs is 1. The number of aromatic amines is 1. The maximum Gasteiger partial charge on any atom is 0.266 e. The predicted octanol–water partition coefficient (Wildman–Crippen LogP) is 5.63. The number of benzene rings is 3. The highest BCUT2D eigenvalue weighted by atomic mass is 32.2. The number of thioether (sulfide) groups is 1. The number of thiocarbonyl (C=S) groups is 1. The quantitative estimate of drug-likeness (QED) is 0.198. The number of tetrazole rings is 1. The first-order valence-corrected chi connectivity index (χ1v) is 12.5. The Labute approximate surface area is 207 Å². The fourth-order valence-corrected chi connectivity index (χ4v) is 5.35. The molecule has 0 aliphatic carbocycles. The zero-order valence-electron chi connectivity index (χ0n) is 18.5. The van der Waals surface area contributed by atoms with Crippen molar-refractivity contribution in [2.75, 3.05) is 6.54 Å². The number of hydrogen-bond donors (Lipinski definition) is 1. The van der Waals surface area contributed by atoms with Crippen molar-refractivity contribution in [1.29, 1.82) is 0 Å². The Kier molecular flexibility index (Phi) is 6.78. The van der Waals surface area contributed by atoms with Crippen molar-refractivity contribution >= 4 is 51.1 Å². The summed E-state index contributed by atoms with van der Waals surface area (Å²) in [5.74, 6) is 0.712. The van der Waals surface area contributed by atoms with E-state index in [1.807, 2.05) is 18.2 Å². The molecule has 3 aromatic carbocycles. The second-order valence-corrected chi connectivity index (χ2v) is 9.84. The maximum atomic E-state index is 13.0. The predicted molar refractivity (Wildman–Crippen MR) is 141 cm³/mol. The Morgan fingerprint density at radius 3 is 2.65 bits per heavy atom. The lowest BCUT2D eigenvalue weighted by atomic mass is 9.99. The SMILES string of the molecule is O=C1/C(=C/c2cccc(-c3ccc4ccccc4c3)c2)SC(=S)N1CCCCCc1nn[nH]n1. The molecule has 2 heterocycles. The van der Waals surface area contributed by atoms with Crippen LogP contribution < -0.4 is 0 Å². The van der Waals surface area contributed by atoms with Crippen molar-refractivity contribution in [2.45, 2.75) is 25.7 Å². The van der Waals surface area contributed by atoms with Crippen molar-refractivity contribution in [3.8, 4) is 11.1 Å². The second-order valence-electron chi connectivity index (χ2n) is 8.16. The van der Waals surface area contributed by atoms with Gasteiger partial charge < -0.3 is 0 Å². The number of nitrogens with one attached hydrogen (secondary N) is 1. The number of aryl methyl sites for hydroxylation is 1. The van der Waals surface area contributed by atoms with E-state index < -0.39 is 0 Å². The van der Waals surface area contributed by atoms with Gasteiger partial charge in [0.15, 0.2) is 5.82 Å². The van der Waals surface area contributed by atoms with Crippen molar-refractivity contribution < 1.29 is 4.79 Å². The van der Waals surface area contributed by atoms with E-state index in [0.717, 1.165) is 48.2 Å². The Balaban J connectivity index is 1.24. The number of aromatic nitrogens is 4. The third-order valence-corrected chi connectivity index (χ3v) is 7.19. The summed E-state index contributed by atoms with van der Waals surface area (Å²) in [6.07, 6.45) is 5.53. The topological polar surface area (TPSA) is 74.8 Å². The highest BCUT2D eigenvalue weighted by Crippen LogP contribution is 2.33. The molecule has 0 radical (unpaired) electrons. The number of unbranched alkanes of at least 4 members (excludes halogenated alkanes) is 2. The molecule has 0 spiro atoms. The van der Waals surface area contributed by atoms with Crippen LogP contribution in [0.3, 0.4) is 0 Å². The standard InChI is InChI=1S/C26H23N5OS2/c32-25-23(34-26(33)31(25)14-5-1-2-11-24-27-29-30-28-24)16-18-7-6-10-20(15-18)22-13-12-19-8-3-4-9-21(19)17-22/h3-4,6-10,12-13,15-17H,1-2,5,11,14H2,(H,27,28,29,30)/b23-16-. The van der Waals surface area contributed by atoms with Crippen LogP contribution in [0, 0.1) is 0 Å². The van der Waals surface area contributed by atoms with Gasteiger partial charge in [0.05, 0.1) is 4.91 Å². The van der Waals surface area contributed by atoms with Gasteiger partial charge in [-0.05, 0) is 58.5 Å². The lowest BCUT2D eigenvalue weighted by Crippen LogP contribution is -2.29. The van der Waals surface area contributed by atoms with Crippen LogP contribution in [0.5, 0.6) is 0 Å². The van der Waals surface area contributed by atoms with Crippen LogP contribution in [0.4, 0.5) is 0 Å². The molecule has 8 heteroatoms. The van der Waals surface area contributed by atoms with Crippen molar-refractivity contribution in [1.82, 2.24) is 25.5 Å². The number of H-pyrrole nitrogens is 1. The van der Waals surface area contributed by atoms with Crippen molar-refractivity contribution in [3.05, 3.63) is 83.0 Å². The summed E-state index contributed by atoms with van der Waals surface area (Å²) in [6, 6.07) is 23.1. The van der Waals surface area contributed by atoms with Crippen LogP contribution in [0.1, 0.15) is 30.7 Å². The normalized spacial score (nSPS) is 15.1. The minimum atomic E-state index is -0.00993. The highest BCUT2D eigenvalue weighted by molar-refractivity contribution is 8.26. The number of hydrogen-bond acceptors (Lipinski definition) is 6. The first kappa shape index (κ1) is 22.4. The van der Waals surface area contributed by atoms with Crippen molar-refractivity contribution in [3.63, 3.8) is 0 Å². The number of amides is 1. The van der Waals surface area contributed by atoms with Crippen LogP contribution in [-0.2, 0) is 11.2 Å². The molecule has 1 amide bonds. The molecule has 34 heavy (non-hydrogen) atoms. The molecule has 1 N–H and O–H groups in total. The smallest absolute Gasteiger partial charge is 0.266 e. The second kappa shape index (κ2) is 10.3. The van der Waals surface area contributed by atoms with E-state index in [1.54, 1.807) is 4.90 Å². The number of rotatable bonds is 8. The summed E-state index contributed by atoms with van der Waals surface area (Å²) in [5.41, 5.74) is 3.27. The Bertz CT molecular complexity index is 1370. The molecule has 1 saturated heterocycles. The summed E-state index contributed by atoms with van der Waals surface area (Å²) < 4.78 is 0.625. The molecule has 1 fully saturated rings. The fourth-order valence-electron chi connectivity index (χ4n) is 4.04. The Morgan fingerprint density at radius 1 is 0.941 bits per heavy atom. The minimum absolute atomic E-state index is 0.00993. The van der Waals surface area contributed by atoms with E-state index >= 15 is 0 Å². The maximum absolute atomic E-state index is 13.0.